The molecule has 2 aromatic carbocycles. The molecule has 0 aliphatic carbocycles. The highest BCUT2D eigenvalue weighted by molar-refractivity contribution is 6.30. The fourth-order valence-corrected chi connectivity index (χ4v) is 2.82. The quantitative estimate of drug-likeness (QED) is 0.683. The first-order valence-electron chi connectivity index (χ1n) is 8.48. The van der Waals surface area contributed by atoms with Gasteiger partial charge in [-0.3, -0.25) is 9.36 Å². The summed E-state index contributed by atoms with van der Waals surface area (Å²) in [7, 11) is 1.52. The van der Waals surface area contributed by atoms with Crippen molar-refractivity contribution in [2.75, 3.05) is 0 Å². The standard InChI is InChI=1S/C19H16ClF3N4O2/c1-26-17(13-5-7-15(20)8-6-13)25-27(18(26)29)11-16(28)24-10-12-3-2-4-14(9-12)19(21,22)23/h2-9H,10-11H2,1H3,(H,24,28). The van der Waals surface area contributed by atoms with Crippen LogP contribution < -0.4 is 11.0 Å². The Morgan fingerprint density at radius 1 is 1.17 bits per heavy atom. The molecule has 0 saturated carbocycles. The molecule has 10 heteroatoms. The third-order valence-corrected chi connectivity index (χ3v) is 4.43. The third kappa shape index (κ3) is 4.86. The van der Waals surface area contributed by atoms with Crippen molar-refractivity contribution in [3.8, 4) is 11.4 Å². The summed E-state index contributed by atoms with van der Waals surface area (Å²) in [6.45, 7) is -0.465. The van der Waals surface area contributed by atoms with E-state index in [2.05, 4.69) is 10.4 Å². The van der Waals surface area contributed by atoms with Gasteiger partial charge in [0.05, 0.1) is 5.56 Å². The molecule has 6 nitrogen and oxygen atoms in total. The van der Waals surface area contributed by atoms with Crippen molar-refractivity contribution >= 4 is 17.5 Å². The number of nitrogens with zero attached hydrogens (tertiary/aromatic N) is 3. The first-order chi connectivity index (χ1) is 13.6. The Kier molecular flexibility index (Phi) is 5.78. The zero-order valence-electron chi connectivity index (χ0n) is 15.2. The number of benzene rings is 2. The van der Waals surface area contributed by atoms with Crippen LogP contribution in [0.3, 0.4) is 0 Å². The number of amides is 1. The molecule has 152 valence electrons. The van der Waals surface area contributed by atoms with Crippen LogP contribution in [0.25, 0.3) is 11.4 Å². The van der Waals surface area contributed by atoms with Crippen LogP contribution in [0.4, 0.5) is 13.2 Å². The van der Waals surface area contributed by atoms with Gasteiger partial charge in [0.15, 0.2) is 5.82 Å². The maximum absolute atomic E-state index is 12.8. The predicted molar refractivity (Wildman–Crippen MR) is 101 cm³/mol. The molecule has 1 N–H and O–H groups in total. The molecular weight excluding hydrogens is 409 g/mol. The largest absolute Gasteiger partial charge is 0.416 e. The minimum Gasteiger partial charge on any atom is -0.350 e. The number of hydrogen-bond acceptors (Lipinski definition) is 3. The fourth-order valence-electron chi connectivity index (χ4n) is 2.69. The lowest BCUT2D eigenvalue weighted by Crippen LogP contribution is -2.33. The second-order valence-corrected chi connectivity index (χ2v) is 6.74. The summed E-state index contributed by atoms with van der Waals surface area (Å²) < 4.78 is 40.6. The number of carbonyl (C=O) groups is 1. The number of hydrogen-bond donors (Lipinski definition) is 1. The second-order valence-electron chi connectivity index (χ2n) is 6.30. The van der Waals surface area contributed by atoms with Crippen LogP contribution in [-0.4, -0.2) is 20.3 Å². The van der Waals surface area contributed by atoms with E-state index in [0.29, 0.717) is 22.0 Å². The second kappa shape index (κ2) is 8.12. The molecule has 3 rings (SSSR count). The lowest BCUT2D eigenvalue weighted by Gasteiger charge is -2.09. The Labute approximate surface area is 168 Å². The summed E-state index contributed by atoms with van der Waals surface area (Å²) >= 11 is 5.85. The topological polar surface area (TPSA) is 68.9 Å². The number of rotatable bonds is 5. The third-order valence-electron chi connectivity index (χ3n) is 4.18. The number of aromatic nitrogens is 3. The number of carbonyl (C=O) groups excluding carboxylic acids is 1. The molecular formula is C19H16ClF3N4O2. The molecule has 0 aliphatic heterocycles. The normalized spacial score (nSPS) is 11.5. The van der Waals surface area contributed by atoms with Gasteiger partial charge in [-0.2, -0.15) is 13.2 Å². The minimum atomic E-state index is -4.46. The van der Waals surface area contributed by atoms with E-state index in [9.17, 15) is 22.8 Å². The Morgan fingerprint density at radius 2 is 1.86 bits per heavy atom. The van der Waals surface area contributed by atoms with Crippen LogP contribution in [0.15, 0.2) is 53.3 Å². The summed E-state index contributed by atoms with van der Waals surface area (Å²) in [6, 6.07) is 11.4. The molecule has 3 aromatic rings. The molecule has 0 fully saturated rings. The van der Waals surface area contributed by atoms with Crippen molar-refractivity contribution in [3.05, 3.63) is 75.2 Å². The Morgan fingerprint density at radius 3 is 2.52 bits per heavy atom. The first kappa shape index (κ1) is 20.7. The average Bonchev–Trinajstić information content (AvgIpc) is 2.95. The highest BCUT2D eigenvalue weighted by Gasteiger charge is 2.30. The minimum absolute atomic E-state index is 0.103. The smallest absolute Gasteiger partial charge is 0.350 e. The number of nitrogens with one attached hydrogen (secondary N) is 1. The van der Waals surface area contributed by atoms with E-state index in [1.54, 1.807) is 24.3 Å². The Hall–Kier alpha value is -3.07. The molecule has 0 spiro atoms. The molecule has 0 saturated heterocycles. The number of alkyl halides is 3. The number of halogens is 4. The van der Waals surface area contributed by atoms with Crippen LogP contribution in [0.2, 0.25) is 5.02 Å². The molecule has 0 bridgehead atoms. The molecule has 1 amide bonds. The van der Waals surface area contributed by atoms with Gasteiger partial charge in [-0.15, -0.1) is 5.10 Å². The lowest BCUT2D eigenvalue weighted by molar-refractivity contribution is -0.137. The molecule has 0 radical (unpaired) electrons. The van der Waals surface area contributed by atoms with Gasteiger partial charge in [-0.25, -0.2) is 9.48 Å². The van der Waals surface area contributed by atoms with Gasteiger partial charge in [-0.1, -0.05) is 23.7 Å². The van der Waals surface area contributed by atoms with E-state index in [1.165, 1.54) is 23.7 Å². The van der Waals surface area contributed by atoms with Gasteiger partial charge in [0.25, 0.3) is 0 Å². The van der Waals surface area contributed by atoms with Crippen LogP contribution in [-0.2, 0) is 31.1 Å². The van der Waals surface area contributed by atoms with E-state index in [0.717, 1.165) is 16.8 Å². The first-order valence-corrected chi connectivity index (χ1v) is 8.85. The maximum Gasteiger partial charge on any atom is 0.416 e. The zero-order chi connectivity index (χ0) is 21.2. The fraction of sp³-hybridized carbons (Fsp3) is 0.211. The van der Waals surface area contributed by atoms with Crippen molar-refractivity contribution in [1.29, 1.82) is 0 Å². The van der Waals surface area contributed by atoms with Crippen molar-refractivity contribution in [2.24, 2.45) is 7.05 Å². The van der Waals surface area contributed by atoms with E-state index in [1.807, 2.05) is 0 Å². The van der Waals surface area contributed by atoms with E-state index >= 15 is 0 Å². The van der Waals surface area contributed by atoms with Gasteiger partial charge in [0.2, 0.25) is 5.91 Å². The Bertz CT molecular complexity index is 1090. The summed E-state index contributed by atoms with van der Waals surface area (Å²) in [5.74, 6) is -0.192. The lowest BCUT2D eigenvalue weighted by atomic mass is 10.1. The van der Waals surface area contributed by atoms with Crippen molar-refractivity contribution < 1.29 is 18.0 Å². The van der Waals surface area contributed by atoms with Crippen LogP contribution in [0.5, 0.6) is 0 Å². The zero-order valence-corrected chi connectivity index (χ0v) is 16.0. The van der Waals surface area contributed by atoms with Crippen molar-refractivity contribution in [3.63, 3.8) is 0 Å². The van der Waals surface area contributed by atoms with Crippen molar-refractivity contribution in [1.82, 2.24) is 19.7 Å². The summed E-state index contributed by atoms with van der Waals surface area (Å²) in [5, 5.41) is 7.20. The van der Waals surface area contributed by atoms with Gasteiger partial charge in [0, 0.05) is 24.2 Å². The molecule has 29 heavy (non-hydrogen) atoms. The van der Waals surface area contributed by atoms with Gasteiger partial charge < -0.3 is 5.32 Å². The molecule has 0 unspecified atom stereocenters. The maximum atomic E-state index is 12.8. The van der Waals surface area contributed by atoms with Gasteiger partial charge in [-0.05, 0) is 42.0 Å². The molecule has 0 aliphatic rings. The highest BCUT2D eigenvalue weighted by Crippen LogP contribution is 2.29. The Balaban J connectivity index is 1.69. The van der Waals surface area contributed by atoms with Gasteiger partial charge in [0.1, 0.15) is 6.54 Å². The van der Waals surface area contributed by atoms with E-state index in [-0.39, 0.29) is 13.1 Å². The summed E-state index contributed by atoms with van der Waals surface area (Å²) in [5.41, 5.74) is -0.345. The molecule has 0 atom stereocenters. The monoisotopic (exact) mass is 424 g/mol. The van der Waals surface area contributed by atoms with Crippen LogP contribution >= 0.6 is 11.6 Å². The van der Waals surface area contributed by atoms with E-state index < -0.39 is 23.3 Å². The average molecular weight is 425 g/mol. The predicted octanol–water partition coefficient (Wildman–Crippen LogP) is 3.24. The summed E-state index contributed by atoms with van der Waals surface area (Å²) in [4.78, 5) is 24.5. The van der Waals surface area contributed by atoms with Crippen LogP contribution in [0.1, 0.15) is 11.1 Å². The van der Waals surface area contributed by atoms with Gasteiger partial charge >= 0.3 is 11.9 Å². The molecule has 1 aromatic heterocycles. The summed E-state index contributed by atoms with van der Waals surface area (Å²) in [6.07, 6.45) is -4.46. The van der Waals surface area contributed by atoms with E-state index in [4.69, 9.17) is 11.6 Å². The SMILES string of the molecule is Cn1c(-c2ccc(Cl)cc2)nn(CC(=O)NCc2cccc(C(F)(F)F)c2)c1=O. The van der Waals surface area contributed by atoms with Crippen molar-refractivity contribution in [2.45, 2.75) is 19.3 Å². The van der Waals surface area contributed by atoms with Crippen LogP contribution in [0, 0.1) is 0 Å². The molecule has 1 heterocycles. The highest BCUT2D eigenvalue weighted by atomic mass is 35.5.